The number of nitrogens with zero attached hydrogens (tertiary/aromatic N) is 1. The van der Waals surface area contributed by atoms with Crippen LogP contribution in [-0.4, -0.2) is 39.9 Å². The summed E-state index contributed by atoms with van der Waals surface area (Å²) in [6, 6.07) is 3.86. The lowest BCUT2D eigenvalue weighted by Crippen LogP contribution is -2.33. The van der Waals surface area contributed by atoms with Gasteiger partial charge in [0, 0.05) is 9.13 Å². The van der Waals surface area contributed by atoms with Gasteiger partial charge in [0.2, 0.25) is 0 Å². The molecule has 0 atom stereocenters. The summed E-state index contributed by atoms with van der Waals surface area (Å²) in [6.07, 6.45) is 1.68. The van der Waals surface area contributed by atoms with Gasteiger partial charge < -0.3 is 9.84 Å². The summed E-state index contributed by atoms with van der Waals surface area (Å²) < 4.78 is 7.57. The highest BCUT2D eigenvalue weighted by Gasteiger charge is 2.33. The Morgan fingerprint density at radius 1 is 1.50 bits per heavy atom. The van der Waals surface area contributed by atoms with E-state index in [1.807, 2.05) is 12.1 Å². The number of benzene rings is 1. The van der Waals surface area contributed by atoms with Crippen molar-refractivity contribution in [2.24, 2.45) is 0 Å². The summed E-state index contributed by atoms with van der Waals surface area (Å²) in [6.45, 7) is -0.428. The summed E-state index contributed by atoms with van der Waals surface area (Å²) in [7, 11) is 1.57. The molecule has 1 heterocycles. The van der Waals surface area contributed by atoms with E-state index >= 15 is 0 Å². The van der Waals surface area contributed by atoms with Crippen molar-refractivity contribution in [3.05, 3.63) is 29.7 Å². The molecular weight excluding hydrogens is 552 g/mol. The molecular formula is C13H9I2NO4S2. The lowest BCUT2D eigenvalue weighted by Gasteiger charge is -2.10. The zero-order valence-electron chi connectivity index (χ0n) is 11.1. The predicted molar refractivity (Wildman–Crippen MR) is 106 cm³/mol. The van der Waals surface area contributed by atoms with E-state index in [0.717, 1.165) is 29.4 Å². The van der Waals surface area contributed by atoms with Gasteiger partial charge in [0.05, 0.1) is 15.6 Å². The molecule has 1 aliphatic rings. The average Bonchev–Trinajstić information content (AvgIpc) is 2.65. The van der Waals surface area contributed by atoms with Gasteiger partial charge in [0.1, 0.15) is 16.6 Å². The molecule has 1 N–H and O–H groups in total. The molecule has 0 aromatic heterocycles. The molecule has 0 spiro atoms. The van der Waals surface area contributed by atoms with Gasteiger partial charge in [-0.05, 0) is 63.4 Å². The molecule has 0 unspecified atom stereocenters. The molecule has 1 aromatic rings. The third kappa shape index (κ3) is 3.92. The number of thiocarbonyl (C=S) groups is 1. The fourth-order valence-corrected chi connectivity index (χ4v) is 5.17. The summed E-state index contributed by atoms with van der Waals surface area (Å²) in [5.41, 5.74) is 0.759. The second-order valence-electron chi connectivity index (χ2n) is 4.17. The fraction of sp³-hybridized carbons (Fsp3) is 0.154. The van der Waals surface area contributed by atoms with Crippen LogP contribution >= 0.6 is 69.2 Å². The molecule has 22 heavy (non-hydrogen) atoms. The van der Waals surface area contributed by atoms with E-state index in [1.54, 1.807) is 13.2 Å². The third-order valence-electron chi connectivity index (χ3n) is 2.69. The van der Waals surface area contributed by atoms with Crippen molar-refractivity contribution in [3.8, 4) is 5.75 Å². The smallest absolute Gasteiger partial charge is 0.323 e. The van der Waals surface area contributed by atoms with Gasteiger partial charge in [0.25, 0.3) is 5.91 Å². The minimum Gasteiger partial charge on any atom is -0.495 e. The number of carboxylic acid groups (broad SMARTS) is 1. The number of amides is 1. The Morgan fingerprint density at radius 3 is 2.77 bits per heavy atom. The minimum absolute atomic E-state index is 0.248. The summed E-state index contributed by atoms with van der Waals surface area (Å²) in [5, 5.41) is 8.84. The van der Waals surface area contributed by atoms with Crippen molar-refractivity contribution >= 4 is 91.4 Å². The first-order chi connectivity index (χ1) is 10.3. The number of hydrogen-bond donors (Lipinski definition) is 1. The highest BCUT2D eigenvalue weighted by atomic mass is 127. The van der Waals surface area contributed by atoms with Crippen LogP contribution < -0.4 is 4.74 Å². The minimum atomic E-state index is -1.10. The average molecular weight is 561 g/mol. The molecule has 1 saturated heterocycles. The molecule has 5 nitrogen and oxygen atoms in total. The van der Waals surface area contributed by atoms with Gasteiger partial charge in [-0.25, -0.2) is 0 Å². The molecule has 1 aromatic carbocycles. The number of thioether (sulfide) groups is 1. The highest BCUT2D eigenvalue weighted by molar-refractivity contribution is 14.1. The van der Waals surface area contributed by atoms with Crippen LogP contribution in [0.25, 0.3) is 6.08 Å². The number of carboxylic acids is 1. The summed E-state index contributed by atoms with van der Waals surface area (Å²) in [4.78, 5) is 24.5. The monoisotopic (exact) mass is 561 g/mol. The topological polar surface area (TPSA) is 66.8 Å². The number of halogens is 2. The first-order valence-electron chi connectivity index (χ1n) is 5.83. The number of methoxy groups -OCH3 is 1. The number of hydrogen-bond acceptors (Lipinski definition) is 5. The highest BCUT2D eigenvalue weighted by Crippen LogP contribution is 2.36. The zero-order chi connectivity index (χ0) is 16.4. The first kappa shape index (κ1) is 17.9. The van der Waals surface area contributed by atoms with E-state index in [-0.39, 0.29) is 4.32 Å². The zero-order valence-corrected chi connectivity index (χ0v) is 17.1. The van der Waals surface area contributed by atoms with Crippen molar-refractivity contribution in [1.82, 2.24) is 4.90 Å². The molecule has 0 saturated carbocycles. The van der Waals surface area contributed by atoms with Crippen LogP contribution in [0.15, 0.2) is 17.0 Å². The van der Waals surface area contributed by atoms with E-state index in [9.17, 15) is 9.59 Å². The Morgan fingerprint density at radius 2 is 2.18 bits per heavy atom. The Labute approximate surface area is 163 Å². The molecule has 2 rings (SSSR count). The quantitative estimate of drug-likeness (QED) is 0.347. The normalized spacial score (nSPS) is 16.5. The van der Waals surface area contributed by atoms with Crippen molar-refractivity contribution in [2.75, 3.05) is 13.7 Å². The lowest BCUT2D eigenvalue weighted by molar-refractivity contribution is -0.140. The van der Waals surface area contributed by atoms with Crippen molar-refractivity contribution < 1.29 is 19.4 Å². The predicted octanol–water partition coefficient (Wildman–Crippen LogP) is 3.19. The molecule has 0 bridgehead atoms. The van der Waals surface area contributed by atoms with Crippen molar-refractivity contribution in [3.63, 3.8) is 0 Å². The molecule has 9 heteroatoms. The van der Waals surface area contributed by atoms with Crippen molar-refractivity contribution in [2.45, 2.75) is 0 Å². The Hall–Kier alpha value is -0.400. The van der Waals surface area contributed by atoms with Gasteiger partial charge in [-0.2, -0.15) is 0 Å². The largest absolute Gasteiger partial charge is 0.495 e. The molecule has 116 valence electrons. The van der Waals surface area contributed by atoms with Crippen LogP contribution in [-0.2, 0) is 9.59 Å². The number of carbonyl (C=O) groups excluding carboxylic acids is 1. The Balaban J connectivity index is 2.41. The number of carbonyl (C=O) groups is 2. The van der Waals surface area contributed by atoms with E-state index in [0.29, 0.717) is 10.7 Å². The van der Waals surface area contributed by atoms with Crippen LogP contribution in [0.2, 0.25) is 0 Å². The second kappa shape index (κ2) is 7.45. The van der Waals surface area contributed by atoms with E-state index in [4.69, 9.17) is 22.1 Å². The fourth-order valence-electron chi connectivity index (χ4n) is 1.82. The summed E-state index contributed by atoms with van der Waals surface area (Å²) >= 11 is 10.5. The van der Waals surface area contributed by atoms with E-state index in [2.05, 4.69) is 45.2 Å². The van der Waals surface area contributed by atoms with Crippen LogP contribution in [0, 0.1) is 7.14 Å². The number of ether oxygens (including phenoxy) is 1. The van der Waals surface area contributed by atoms with Gasteiger partial charge in [-0.1, -0.05) is 24.0 Å². The maximum absolute atomic E-state index is 12.3. The molecule has 1 amide bonds. The Bertz CT molecular complexity index is 706. The number of rotatable bonds is 4. The van der Waals surface area contributed by atoms with Crippen LogP contribution in [0.4, 0.5) is 0 Å². The molecule has 0 aliphatic carbocycles. The Kier molecular flexibility index (Phi) is 6.07. The molecule has 1 aliphatic heterocycles. The van der Waals surface area contributed by atoms with Crippen molar-refractivity contribution in [1.29, 1.82) is 0 Å². The van der Waals surface area contributed by atoms with Gasteiger partial charge in [-0.3, -0.25) is 14.5 Å². The van der Waals surface area contributed by atoms with Crippen LogP contribution in [0.3, 0.4) is 0 Å². The second-order valence-corrected chi connectivity index (χ2v) is 8.26. The molecule has 0 radical (unpaired) electrons. The van der Waals surface area contributed by atoms with Gasteiger partial charge >= 0.3 is 5.97 Å². The van der Waals surface area contributed by atoms with Gasteiger partial charge in [-0.15, -0.1) is 0 Å². The van der Waals surface area contributed by atoms with E-state index in [1.165, 1.54) is 0 Å². The standard InChI is InChI=1S/C13H9I2NO4S2/c1-20-11-6(2-7(14)4-8(11)15)3-9-12(19)16(5-10(17)18)13(21)22-9/h2-4H,5H2,1H3,(H,17,18)/b9-3+. The number of aliphatic carboxylic acids is 1. The maximum atomic E-state index is 12.3. The SMILES string of the molecule is COc1c(I)cc(I)cc1/C=C1/SC(=S)N(CC(=O)O)C1=O. The lowest BCUT2D eigenvalue weighted by atomic mass is 10.2. The van der Waals surface area contributed by atoms with Crippen LogP contribution in [0.5, 0.6) is 5.75 Å². The molecule has 1 fully saturated rings. The summed E-state index contributed by atoms with van der Waals surface area (Å²) in [5.74, 6) is -0.822. The maximum Gasteiger partial charge on any atom is 0.323 e. The van der Waals surface area contributed by atoms with E-state index < -0.39 is 18.4 Å². The first-order valence-corrected chi connectivity index (χ1v) is 9.22. The van der Waals surface area contributed by atoms with Crippen LogP contribution in [0.1, 0.15) is 5.56 Å². The van der Waals surface area contributed by atoms with Gasteiger partial charge in [0.15, 0.2) is 0 Å². The third-order valence-corrected chi connectivity index (χ3v) is 5.50.